The molecule has 1 atom stereocenters. The maximum atomic E-state index is 10.0. The summed E-state index contributed by atoms with van der Waals surface area (Å²) in [6.07, 6.45) is 1.26. The number of rotatable bonds is 8. The molecule has 3 heteroatoms. The highest BCUT2D eigenvalue weighted by molar-refractivity contribution is 5.24. The highest BCUT2D eigenvalue weighted by atomic mass is 16.5. The van der Waals surface area contributed by atoms with Crippen LogP contribution in [0.25, 0.3) is 0 Å². The van der Waals surface area contributed by atoms with Gasteiger partial charge < -0.3 is 14.6 Å². The summed E-state index contributed by atoms with van der Waals surface area (Å²) in [4.78, 5) is 0. The van der Waals surface area contributed by atoms with Crippen molar-refractivity contribution >= 4 is 0 Å². The van der Waals surface area contributed by atoms with Crippen molar-refractivity contribution in [1.82, 2.24) is 0 Å². The SMILES string of the molecule is CCc1ccc(C(O)COCCC(C)(C)OC)cc1. The number of benzene rings is 1. The van der Waals surface area contributed by atoms with Gasteiger partial charge in [0.2, 0.25) is 0 Å². The Morgan fingerprint density at radius 3 is 2.37 bits per heavy atom. The lowest BCUT2D eigenvalue weighted by molar-refractivity contribution is -0.0249. The first-order chi connectivity index (χ1) is 8.98. The zero-order chi connectivity index (χ0) is 14.3. The molecular formula is C16H26O3. The third-order valence-corrected chi connectivity index (χ3v) is 3.45. The normalized spacial score (nSPS) is 13.5. The van der Waals surface area contributed by atoms with Crippen molar-refractivity contribution in [2.45, 2.75) is 45.3 Å². The summed E-state index contributed by atoms with van der Waals surface area (Å²) < 4.78 is 10.8. The van der Waals surface area contributed by atoms with E-state index in [0.717, 1.165) is 18.4 Å². The quantitative estimate of drug-likeness (QED) is 0.735. The van der Waals surface area contributed by atoms with Crippen molar-refractivity contribution < 1.29 is 14.6 Å². The summed E-state index contributed by atoms with van der Waals surface area (Å²) in [7, 11) is 1.70. The van der Waals surface area contributed by atoms with Gasteiger partial charge in [-0.25, -0.2) is 0 Å². The number of hydrogen-bond acceptors (Lipinski definition) is 3. The number of aliphatic hydroxyl groups is 1. The monoisotopic (exact) mass is 266 g/mol. The predicted octanol–water partition coefficient (Wildman–Crippen LogP) is 3.11. The predicted molar refractivity (Wildman–Crippen MR) is 77.3 cm³/mol. The van der Waals surface area contributed by atoms with Gasteiger partial charge in [0.15, 0.2) is 0 Å². The summed E-state index contributed by atoms with van der Waals surface area (Å²) >= 11 is 0. The zero-order valence-corrected chi connectivity index (χ0v) is 12.5. The minimum atomic E-state index is -0.559. The fourth-order valence-corrected chi connectivity index (χ4v) is 1.69. The van der Waals surface area contributed by atoms with Crippen molar-refractivity contribution in [1.29, 1.82) is 0 Å². The van der Waals surface area contributed by atoms with Gasteiger partial charge in [-0.15, -0.1) is 0 Å². The zero-order valence-electron chi connectivity index (χ0n) is 12.5. The molecule has 1 aromatic rings. The van der Waals surface area contributed by atoms with Crippen molar-refractivity contribution in [3.63, 3.8) is 0 Å². The third-order valence-electron chi connectivity index (χ3n) is 3.45. The molecule has 0 amide bonds. The summed E-state index contributed by atoms with van der Waals surface area (Å²) in [6.45, 7) is 7.08. The van der Waals surface area contributed by atoms with Gasteiger partial charge in [-0.2, -0.15) is 0 Å². The number of hydrogen-bond donors (Lipinski definition) is 1. The number of aryl methyl sites for hydroxylation is 1. The summed E-state index contributed by atoms with van der Waals surface area (Å²) in [6, 6.07) is 8.02. The minimum absolute atomic E-state index is 0.173. The van der Waals surface area contributed by atoms with E-state index in [1.54, 1.807) is 7.11 Å². The molecule has 3 nitrogen and oxygen atoms in total. The Bertz CT molecular complexity index is 357. The van der Waals surface area contributed by atoms with Crippen LogP contribution in [-0.2, 0) is 15.9 Å². The van der Waals surface area contributed by atoms with Gasteiger partial charge >= 0.3 is 0 Å². The van der Waals surface area contributed by atoms with Crippen molar-refractivity contribution in [2.75, 3.05) is 20.3 Å². The summed E-state index contributed by atoms with van der Waals surface area (Å²) in [5.74, 6) is 0. The Balaban J connectivity index is 2.32. The lowest BCUT2D eigenvalue weighted by Crippen LogP contribution is -2.25. The molecule has 0 spiro atoms. The van der Waals surface area contributed by atoms with E-state index in [1.165, 1.54) is 5.56 Å². The molecular weight excluding hydrogens is 240 g/mol. The van der Waals surface area contributed by atoms with Crippen LogP contribution >= 0.6 is 0 Å². The van der Waals surface area contributed by atoms with Crippen LogP contribution in [0, 0.1) is 0 Å². The second-order valence-electron chi connectivity index (χ2n) is 5.40. The molecule has 0 aliphatic heterocycles. The molecule has 0 saturated heterocycles. The maximum absolute atomic E-state index is 10.0. The second kappa shape index (κ2) is 7.63. The maximum Gasteiger partial charge on any atom is 0.102 e. The van der Waals surface area contributed by atoms with Gasteiger partial charge in [-0.3, -0.25) is 0 Å². The molecule has 0 fully saturated rings. The summed E-state index contributed by atoms with van der Waals surface area (Å²) in [5, 5.41) is 10.0. The van der Waals surface area contributed by atoms with E-state index >= 15 is 0 Å². The molecule has 0 aliphatic rings. The van der Waals surface area contributed by atoms with Crippen LogP contribution in [0.1, 0.15) is 44.4 Å². The Morgan fingerprint density at radius 2 is 1.84 bits per heavy atom. The van der Waals surface area contributed by atoms with Crippen LogP contribution in [0.2, 0.25) is 0 Å². The Kier molecular flexibility index (Phi) is 6.49. The molecule has 0 heterocycles. The number of methoxy groups -OCH3 is 1. The Labute approximate surface area is 116 Å². The largest absolute Gasteiger partial charge is 0.386 e. The Hall–Kier alpha value is -0.900. The van der Waals surface area contributed by atoms with E-state index < -0.39 is 6.10 Å². The summed E-state index contributed by atoms with van der Waals surface area (Å²) in [5.41, 5.74) is 2.01. The van der Waals surface area contributed by atoms with Crippen molar-refractivity contribution in [3.05, 3.63) is 35.4 Å². The minimum Gasteiger partial charge on any atom is -0.386 e. The first-order valence-electron chi connectivity index (χ1n) is 6.88. The van der Waals surface area contributed by atoms with Gasteiger partial charge in [0.25, 0.3) is 0 Å². The highest BCUT2D eigenvalue weighted by Gasteiger charge is 2.16. The van der Waals surface area contributed by atoms with Crippen molar-refractivity contribution in [3.8, 4) is 0 Å². The number of aliphatic hydroxyl groups excluding tert-OH is 1. The van der Waals surface area contributed by atoms with Gasteiger partial charge in [0.1, 0.15) is 6.10 Å². The second-order valence-corrected chi connectivity index (χ2v) is 5.40. The molecule has 0 aliphatic carbocycles. The first kappa shape index (κ1) is 16.2. The van der Waals surface area contributed by atoms with Gasteiger partial charge in [0.05, 0.1) is 12.2 Å². The molecule has 1 N–H and O–H groups in total. The fraction of sp³-hybridized carbons (Fsp3) is 0.625. The van der Waals surface area contributed by atoms with Gasteiger partial charge in [-0.1, -0.05) is 31.2 Å². The highest BCUT2D eigenvalue weighted by Crippen LogP contribution is 2.16. The topological polar surface area (TPSA) is 38.7 Å². The molecule has 0 radical (unpaired) electrons. The van der Waals surface area contributed by atoms with Crippen LogP contribution in [-0.4, -0.2) is 31.0 Å². The average molecular weight is 266 g/mol. The van der Waals surface area contributed by atoms with E-state index in [2.05, 4.69) is 6.92 Å². The lowest BCUT2D eigenvalue weighted by Gasteiger charge is -2.22. The van der Waals surface area contributed by atoms with Crippen LogP contribution in [0.5, 0.6) is 0 Å². The van der Waals surface area contributed by atoms with Gasteiger partial charge in [-0.05, 0) is 37.8 Å². The standard InChI is InChI=1S/C16H26O3/c1-5-13-6-8-14(9-7-13)15(17)12-19-11-10-16(2,3)18-4/h6-9,15,17H,5,10-12H2,1-4H3. The molecule has 19 heavy (non-hydrogen) atoms. The van der Waals surface area contributed by atoms with Crippen molar-refractivity contribution in [2.24, 2.45) is 0 Å². The van der Waals surface area contributed by atoms with Gasteiger partial charge in [0, 0.05) is 13.7 Å². The van der Waals surface area contributed by atoms with E-state index in [-0.39, 0.29) is 5.60 Å². The molecule has 0 aromatic heterocycles. The molecule has 0 saturated carbocycles. The van der Waals surface area contributed by atoms with E-state index in [0.29, 0.717) is 13.2 Å². The third kappa shape index (κ3) is 5.72. The van der Waals surface area contributed by atoms with Crippen LogP contribution < -0.4 is 0 Å². The first-order valence-corrected chi connectivity index (χ1v) is 6.88. The molecule has 1 aromatic carbocycles. The molecule has 108 valence electrons. The van der Waals surface area contributed by atoms with E-state index in [9.17, 15) is 5.11 Å². The molecule has 1 rings (SSSR count). The number of ether oxygens (including phenoxy) is 2. The lowest BCUT2D eigenvalue weighted by atomic mass is 10.1. The molecule has 0 bridgehead atoms. The average Bonchev–Trinajstić information content (AvgIpc) is 2.43. The fourth-order valence-electron chi connectivity index (χ4n) is 1.69. The van der Waals surface area contributed by atoms with E-state index in [4.69, 9.17) is 9.47 Å². The smallest absolute Gasteiger partial charge is 0.102 e. The Morgan fingerprint density at radius 1 is 1.21 bits per heavy atom. The van der Waals surface area contributed by atoms with Crippen LogP contribution in [0.15, 0.2) is 24.3 Å². The van der Waals surface area contributed by atoms with E-state index in [1.807, 2.05) is 38.1 Å². The van der Waals surface area contributed by atoms with Crippen LogP contribution in [0.4, 0.5) is 0 Å². The van der Waals surface area contributed by atoms with Crippen LogP contribution in [0.3, 0.4) is 0 Å². The molecule has 1 unspecified atom stereocenters.